The van der Waals surface area contributed by atoms with E-state index in [1.54, 1.807) is 6.08 Å². The predicted octanol–water partition coefficient (Wildman–Crippen LogP) is 4.53. The fourth-order valence-corrected chi connectivity index (χ4v) is 2.23. The van der Waals surface area contributed by atoms with E-state index in [0.717, 1.165) is 11.6 Å². The molecule has 0 saturated heterocycles. The lowest BCUT2D eigenvalue weighted by molar-refractivity contribution is -0.0883. The summed E-state index contributed by atoms with van der Waals surface area (Å²) in [6, 6.07) is 0. The van der Waals surface area contributed by atoms with Crippen molar-refractivity contribution < 1.29 is 23.0 Å². The van der Waals surface area contributed by atoms with Crippen molar-refractivity contribution in [3.63, 3.8) is 0 Å². The van der Waals surface area contributed by atoms with Gasteiger partial charge in [0, 0.05) is 6.61 Å². The van der Waals surface area contributed by atoms with Gasteiger partial charge in [-0.1, -0.05) is 30.4 Å². The quantitative estimate of drug-likeness (QED) is 0.805. The van der Waals surface area contributed by atoms with Crippen LogP contribution in [-0.2, 0) is 4.74 Å². The Morgan fingerprint density at radius 3 is 2.35 bits per heavy atom. The van der Waals surface area contributed by atoms with Crippen molar-refractivity contribution in [3.8, 4) is 0 Å². The van der Waals surface area contributed by atoms with Gasteiger partial charge in [0.05, 0.1) is 5.57 Å². The molecule has 2 rings (SSSR count). The van der Waals surface area contributed by atoms with Crippen LogP contribution in [0.1, 0.15) is 19.3 Å². The molecule has 0 saturated carbocycles. The molecule has 0 radical (unpaired) electrons. The van der Waals surface area contributed by atoms with E-state index in [2.05, 4.69) is 0 Å². The molecule has 124 valence electrons. The third-order valence-corrected chi connectivity index (χ3v) is 3.49. The summed E-state index contributed by atoms with van der Waals surface area (Å²) in [5.41, 5.74) is 1.12. The summed E-state index contributed by atoms with van der Waals surface area (Å²) in [6.07, 6.45) is 10.2. The molecule has 1 N–H and O–H groups in total. The van der Waals surface area contributed by atoms with Gasteiger partial charge in [0.15, 0.2) is 0 Å². The van der Waals surface area contributed by atoms with E-state index >= 15 is 0 Å². The molecule has 0 bridgehead atoms. The van der Waals surface area contributed by atoms with E-state index in [4.69, 9.17) is 9.84 Å². The SMILES string of the molecule is OCCC1=CCC=C(OCC2=CCC=C(C(F)(F)F)C=C2)C=C1. The first-order chi connectivity index (χ1) is 11.0. The molecule has 2 aliphatic carbocycles. The summed E-state index contributed by atoms with van der Waals surface area (Å²) in [5.74, 6) is 0.678. The third kappa shape index (κ3) is 5.60. The Labute approximate surface area is 133 Å². The number of ether oxygens (including phenoxy) is 1. The first-order valence-electron chi connectivity index (χ1n) is 7.44. The highest BCUT2D eigenvalue weighted by molar-refractivity contribution is 5.35. The van der Waals surface area contributed by atoms with Crippen LogP contribution < -0.4 is 0 Å². The molecule has 0 aromatic carbocycles. The normalized spacial score (nSPS) is 18.4. The number of aliphatic hydroxyl groups excluding tert-OH is 1. The Balaban J connectivity index is 1.89. The number of hydrogen-bond donors (Lipinski definition) is 1. The van der Waals surface area contributed by atoms with Gasteiger partial charge in [0.25, 0.3) is 0 Å². The minimum Gasteiger partial charge on any atom is -0.489 e. The molecule has 2 nitrogen and oxygen atoms in total. The topological polar surface area (TPSA) is 29.5 Å². The van der Waals surface area contributed by atoms with Gasteiger partial charge in [-0.15, -0.1) is 0 Å². The van der Waals surface area contributed by atoms with Crippen molar-refractivity contribution >= 4 is 0 Å². The average Bonchev–Trinajstić information content (AvgIpc) is 2.85. The Bertz CT molecular complexity index is 602. The zero-order chi connectivity index (χ0) is 16.7. The maximum atomic E-state index is 12.7. The van der Waals surface area contributed by atoms with Crippen molar-refractivity contribution in [1.82, 2.24) is 0 Å². The fourth-order valence-electron chi connectivity index (χ4n) is 2.23. The number of alkyl halides is 3. The highest BCUT2D eigenvalue weighted by Crippen LogP contribution is 2.28. The van der Waals surface area contributed by atoms with Gasteiger partial charge in [-0.25, -0.2) is 0 Å². The number of halogens is 3. The highest BCUT2D eigenvalue weighted by atomic mass is 19.4. The minimum absolute atomic E-state index is 0.0958. The molecule has 5 heteroatoms. The van der Waals surface area contributed by atoms with Crippen molar-refractivity contribution in [1.29, 1.82) is 0 Å². The Hall–Kier alpha value is -2.01. The number of allylic oxidation sites excluding steroid dienone is 8. The summed E-state index contributed by atoms with van der Waals surface area (Å²) in [5, 5.41) is 8.93. The zero-order valence-corrected chi connectivity index (χ0v) is 12.6. The van der Waals surface area contributed by atoms with Crippen LogP contribution in [0.15, 0.2) is 71.1 Å². The van der Waals surface area contributed by atoms with Crippen LogP contribution in [0.4, 0.5) is 13.2 Å². The number of rotatable bonds is 5. The lowest BCUT2D eigenvalue weighted by Gasteiger charge is -2.07. The maximum Gasteiger partial charge on any atom is 0.416 e. The summed E-state index contributed by atoms with van der Waals surface area (Å²) in [7, 11) is 0. The highest BCUT2D eigenvalue weighted by Gasteiger charge is 2.31. The monoisotopic (exact) mass is 324 g/mol. The summed E-state index contributed by atoms with van der Waals surface area (Å²) in [4.78, 5) is 0. The van der Waals surface area contributed by atoms with E-state index in [9.17, 15) is 13.2 Å². The molecule has 0 heterocycles. The molecule has 2 aliphatic rings. The molecular formula is C18H19F3O2. The van der Waals surface area contributed by atoms with Crippen LogP contribution in [0.2, 0.25) is 0 Å². The van der Waals surface area contributed by atoms with Crippen molar-refractivity contribution in [2.75, 3.05) is 13.2 Å². The van der Waals surface area contributed by atoms with E-state index in [-0.39, 0.29) is 19.6 Å². The van der Waals surface area contributed by atoms with Crippen LogP contribution in [0.5, 0.6) is 0 Å². The lowest BCUT2D eigenvalue weighted by atomic mass is 10.1. The van der Waals surface area contributed by atoms with Crippen LogP contribution in [0.3, 0.4) is 0 Å². The molecular weight excluding hydrogens is 305 g/mol. The lowest BCUT2D eigenvalue weighted by Crippen LogP contribution is -2.09. The first kappa shape index (κ1) is 17.3. The standard InChI is InChI=1S/C18H19F3O2/c19-18(20,21)16-5-1-4-15(7-9-16)13-23-17-6-2-3-14(8-10-17)11-12-22/h3-10,22H,1-2,11-13H2. The maximum absolute atomic E-state index is 12.7. The average molecular weight is 324 g/mol. The molecule has 0 spiro atoms. The van der Waals surface area contributed by atoms with Crippen LogP contribution >= 0.6 is 0 Å². The molecule has 0 fully saturated rings. The molecule has 0 aromatic heterocycles. The number of aliphatic hydroxyl groups is 1. The second-order valence-corrected chi connectivity index (χ2v) is 5.22. The smallest absolute Gasteiger partial charge is 0.416 e. The largest absolute Gasteiger partial charge is 0.489 e. The summed E-state index contributed by atoms with van der Waals surface area (Å²) in [6.45, 7) is 0.319. The third-order valence-electron chi connectivity index (χ3n) is 3.49. The second kappa shape index (κ2) is 8.02. The van der Waals surface area contributed by atoms with E-state index < -0.39 is 11.7 Å². The van der Waals surface area contributed by atoms with Gasteiger partial charge in [-0.05, 0) is 48.6 Å². The summed E-state index contributed by atoms with van der Waals surface area (Å²) >= 11 is 0. The van der Waals surface area contributed by atoms with Gasteiger partial charge >= 0.3 is 6.18 Å². The minimum atomic E-state index is -4.32. The van der Waals surface area contributed by atoms with Crippen molar-refractivity contribution in [2.45, 2.75) is 25.4 Å². The van der Waals surface area contributed by atoms with Gasteiger partial charge in [-0.3, -0.25) is 0 Å². The van der Waals surface area contributed by atoms with Crippen molar-refractivity contribution in [3.05, 3.63) is 71.1 Å². The Kier molecular flexibility index (Phi) is 6.04. The zero-order valence-electron chi connectivity index (χ0n) is 12.6. The molecule has 0 aliphatic heterocycles. The molecule has 23 heavy (non-hydrogen) atoms. The van der Waals surface area contributed by atoms with E-state index in [1.165, 1.54) is 12.2 Å². The van der Waals surface area contributed by atoms with Gasteiger partial charge in [0.2, 0.25) is 0 Å². The molecule has 0 amide bonds. The fraction of sp³-hybridized carbons (Fsp3) is 0.333. The summed E-state index contributed by atoms with van der Waals surface area (Å²) < 4.78 is 43.6. The van der Waals surface area contributed by atoms with Crippen LogP contribution in [0, 0.1) is 0 Å². The molecule has 0 unspecified atom stereocenters. The predicted molar refractivity (Wildman–Crippen MR) is 83.6 cm³/mol. The Morgan fingerprint density at radius 1 is 0.913 bits per heavy atom. The van der Waals surface area contributed by atoms with E-state index in [0.29, 0.717) is 24.2 Å². The molecule has 0 aromatic rings. The van der Waals surface area contributed by atoms with Crippen LogP contribution in [0.25, 0.3) is 0 Å². The second-order valence-electron chi connectivity index (χ2n) is 5.22. The van der Waals surface area contributed by atoms with Gasteiger partial charge < -0.3 is 9.84 Å². The van der Waals surface area contributed by atoms with Gasteiger partial charge in [-0.2, -0.15) is 13.2 Å². The van der Waals surface area contributed by atoms with Crippen LogP contribution in [-0.4, -0.2) is 24.5 Å². The Morgan fingerprint density at radius 2 is 1.61 bits per heavy atom. The molecule has 0 atom stereocenters. The van der Waals surface area contributed by atoms with Crippen molar-refractivity contribution in [2.24, 2.45) is 0 Å². The van der Waals surface area contributed by atoms with E-state index in [1.807, 2.05) is 24.3 Å². The first-order valence-corrected chi connectivity index (χ1v) is 7.44. The number of hydrogen-bond acceptors (Lipinski definition) is 2. The van der Waals surface area contributed by atoms with Gasteiger partial charge in [0.1, 0.15) is 12.4 Å².